The van der Waals surface area contributed by atoms with E-state index in [1.54, 1.807) is 14.2 Å². The first kappa shape index (κ1) is 17.2. The van der Waals surface area contributed by atoms with E-state index in [0.29, 0.717) is 5.75 Å². The predicted molar refractivity (Wildman–Crippen MR) is 102 cm³/mol. The Morgan fingerprint density at radius 2 is 1.81 bits per heavy atom. The molecule has 0 bridgehead atoms. The summed E-state index contributed by atoms with van der Waals surface area (Å²) in [6.07, 6.45) is 4.46. The first-order chi connectivity index (χ1) is 12.6. The number of phenolic OH excluding ortho intramolecular Hbond substituents is 1. The lowest BCUT2D eigenvalue weighted by Crippen LogP contribution is -2.50. The van der Waals surface area contributed by atoms with E-state index in [1.165, 1.54) is 23.1 Å². The van der Waals surface area contributed by atoms with Crippen LogP contribution < -0.4 is 9.47 Å². The molecule has 1 saturated carbocycles. The molecular weight excluding hydrogens is 326 g/mol. The number of hydrogen-bond donors (Lipinski definition) is 1. The zero-order valence-electron chi connectivity index (χ0n) is 15.8. The Balaban J connectivity index is 1.87. The monoisotopic (exact) mass is 353 g/mol. The average Bonchev–Trinajstić information content (AvgIpc) is 2.62. The third-order valence-corrected chi connectivity index (χ3v) is 6.32. The fraction of sp³-hybridized carbons (Fsp3) is 0.455. The van der Waals surface area contributed by atoms with Crippen molar-refractivity contribution in [2.75, 3.05) is 27.8 Å². The lowest BCUT2D eigenvalue weighted by Gasteiger charge is -2.53. The number of nitrogens with zero attached hydrogens (tertiary/aromatic N) is 1. The van der Waals surface area contributed by atoms with Crippen molar-refractivity contribution in [3.05, 3.63) is 53.1 Å². The van der Waals surface area contributed by atoms with Crippen molar-refractivity contribution in [2.24, 2.45) is 0 Å². The van der Waals surface area contributed by atoms with Gasteiger partial charge in [0.2, 0.25) is 0 Å². The zero-order valence-corrected chi connectivity index (χ0v) is 15.8. The number of benzene rings is 2. The van der Waals surface area contributed by atoms with Gasteiger partial charge in [0.15, 0.2) is 11.5 Å². The SMILES string of the molecule is COc1cc2c(cc1O)C(C1(c3ccccc3OC)CCC1)N(C)CC2. The summed E-state index contributed by atoms with van der Waals surface area (Å²) in [7, 11) is 5.56. The molecule has 1 aliphatic heterocycles. The smallest absolute Gasteiger partial charge is 0.160 e. The van der Waals surface area contributed by atoms with Crippen LogP contribution in [0.25, 0.3) is 0 Å². The van der Waals surface area contributed by atoms with Gasteiger partial charge in [-0.3, -0.25) is 4.90 Å². The Morgan fingerprint density at radius 3 is 2.46 bits per heavy atom. The van der Waals surface area contributed by atoms with Crippen molar-refractivity contribution in [1.29, 1.82) is 0 Å². The highest BCUT2D eigenvalue weighted by Crippen LogP contribution is 2.58. The van der Waals surface area contributed by atoms with Gasteiger partial charge in [-0.25, -0.2) is 0 Å². The number of methoxy groups -OCH3 is 2. The van der Waals surface area contributed by atoms with E-state index < -0.39 is 0 Å². The second-order valence-electron chi connectivity index (χ2n) is 7.57. The molecule has 1 fully saturated rings. The lowest BCUT2D eigenvalue weighted by molar-refractivity contribution is 0.0694. The predicted octanol–water partition coefficient (Wildman–Crippen LogP) is 4.06. The number of rotatable bonds is 4. The molecule has 0 saturated heterocycles. The molecule has 1 aliphatic carbocycles. The Labute approximate surface area is 155 Å². The van der Waals surface area contributed by atoms with E-state index in [1.807, 2.05) is 18.2 Å². The van der Waals surface area contributed by atoms with Crippen molar-refractivity contribution < 1.29 is 14.6 Å². The fourth-order valence-corrected chi connectivity index (χ4v) is 4.95. The van der Waals surface area contributed by atoms with Gasteiger partial charge in [-0.2, -0.15) is 0 Å². The standard InChI is InChI=1S/C22H27NO3/c1-23-12-9-15-13-20(26-3)18(24)14-16(15)21(23)22(10-6-11-22)17-7-4-5-8-19(17)25-2/h4-5,7-8,13-14,21,24H,6,9-12H2,1-3H3. The molecule has 4 rings (SSSR count). The van der Waals surface area contributed by atoms with Crippen LogP contribution in [0.15, 0.2) is 36.4 Å². The molecule has 2 aliphatic rings. The summed E-state index contributed by atoms with van der Waals surface area (Å²) >= 11 is 0. The topological polar surface area (TPSA) is 41.9 Å². The molecule has 2 aromatic carbocycles. The van der Waals surface area contributed by atoms with Crippen LogP contribution in [-0.4, -0.2) is 37.8 Å². The molecule has 2 aromatic rings. The van der Waals surface area contributed by atoms with Gasteiger partial charge in [-0.1, -0.05) is 24.6 Å². The summed E-state index contributed by atoms with van der Waals surface area (Å²) in [5, 5.41) is 10.4. The van der Waals surface area contributed by atoms with Crippen LogP contribution in [0.3, 0.4) is 0 Å². The van der Waals surface area contributed by atoms with E-state index in [-0.39, 0.29) is 17.2 Å². The molecule has 0 radical (unpaired) electrons. The van der Waals surface area contributed by atoms with Gasteiger partial charge < -0.3 is 14.6 Å². The normalized spacial score (nSPS) is 21.6. The fourth-order valence-electron chi connectivity index (χ4n) is 4.95. The maximum absolute atomic E-state index is 10.4. The summed E-state index contributed by atoms with van der Waals surface area (Å²) in [6.45, 7) is 1.00. The van der Waals surface area contributed by atoms with E-state index in [9.17, 15) is 5.11 Å². The van der Waals surface area contributed by atoms with Crippen molar-refractivity contribution in [2.45, 2.75) is 37.1 Å². The number of phenols is 1. The third-order valence-electron chi connectivity index (χ3n) is 6.32. The van der Waals surface area contributed by atoms with Crippen molar-refractivity contribution >= 4 is 0 Å². The first-order valence-corrected chi connectivity index (χ1v) is 9.34. The highest BCUT2D eigenvalue weighted by Gasteiger charge is 2.50. The number of para-hydroxylation sites is 1. The van der Waals surface area contributed by atoms with E-state index in [2.05, 4.69) is 30.1 Å². The van der Waals surface area contributed by atoms with Crippen LogP contribution in [0, 0.1) is 0 Å². The molecule has 26 heavy (non-hydrogen) atoms. The molecular formula is C22H27NO3. The second kappa shape index (κ2) is 6.51. The van der Waals surface area contributed by atoms with Crippen molar-refractivity contribution in [3.8, 4) is 17.2 Å². The van der Waals surface area contributed by atoms with Gasteiger partial charge in [0.25, 0.3) is 0 Å². The minimum atomic E-state index is 0.0253. The molecule has 4 heteroatoms. The summed E-state index contributed by atoms with van der Waals surface area (Å²) in [5.41, 5.74) is 3.82. The van der Waals surface area contributed by atoms with Crippen LogP contribution in [0.1, 0.15) is 42.0 Å². The molecule has 1 unspecified atom stereocenters. The van der Waals surface area contributed by atoms with Crippen molar-refractivity contribution in [3.63, 3.8) is 0 Å². The maximum Gasteiger partial charge on any atom is 0.160 e. The van der Waals surface area contributed by atoms with Gasteiger partial charge in [0.05, 0.1) is 14.2 Å². The van der Waals surface area contributed by atoms with Gasteiger partial charge >= 0.3 is 0 Å². The molecule has 1 heterocycles. The Kier molecular flexibility index (Phi) is 4.31. The minimum Gasteiger partial charge on any atom is -0.504 e. The number of hydrogen-bond acceptors (Lipinski definition) is 4. The van der Waals surface area contributed by atoms with Gasteiger partial charge in [-0.15, -0.1) is 0 Å². The Hall–Kier alpha value is -2.20. The van der Waals surface area contributed by atoms with Gasteiger partial charge in [-0.05, 0) is 55.6 Å². The molecule has 138 valence electrons. The number of likely N-dealkylation sites (N-methyl/N-ethyl adjacent to an activating group) is 1. The molecule has 0 spiro atoms. The lowest BCUT2D eigenvalue weighted by atomic mass is 9.57. The molecule has 1 N–H and O–H groups in total. The highest BCUT2D eigenvalue weighted by molar-refractivity contribution is 5.52. The summed E-state index contributed by atoms with van der Waals surface area (Å²) < 4.78 is 11.1. The molecule has 1 atom stereocenters. The number of fused-ring (bicyclic) bond motifs is 1. The first-order valence-electron chi connectivity index (χ1n) is 9.34. The molecule has 0 amide bonds. The van der Waals surface area contributed by atoms with Crippen LogP contribution >= 0.6 is 0 Å². The quantitative estimate of drug-likeness (QED) is 0.900. The second-order valence-corrected chi connectivity index (χ2v) is 7.57. The van der Waals surface area contributed by atoms with E-state index >= 15 is 0 Å². The van der Waals surface area contributed by atoms with Gasteiger partial charge in [0, 0.05) is 23.6 Å². The van der Waals surface area contributed by atoms with Crippen LogP contribution in [0.5, 0.6) is 17.2 Å². The van der Waals surface area contributed by atoms with E-state index in [0.717, 1.165) is 31.6 Å². The number of ether oxygens (including phenoxy) is 2. The third kappa shape index (κ3) is 2.47. The zero-order chi connectivity index (χ0) is 18.3. The number of aromatic hydroxyl groups is 1. The van der Waals surface area contributed by atoms with Crippen molar-refractivity contribution in [1.82, 2.24) is 4.90 Å². The average molecular weight is 353 g/mol. The summed E-state index contributed by atoms with van der Waals surface area (Å²) in [6, 6.07) is 12.6. The molecule has 4 nitrogen and oxygen atoms in total. The maximum atomic E-state index is 10.4. The minimum absolute atomic E-state index is 0.0253. The van der Waals surface area contributed by atoms with Crippen LogP contribution in [-0.2, 0) is 11.8 Å². The molecule has 0 aromatic heterocycles. The van der Waals surface area contributed by atoms with Gasteiger partial charge in [0.1, 0.15) is 5.75 Å². The van der Waals surface area contributed by atoms with Crippen LogP contribution in [0.4, 0.5) is 0 Å². The van der Waals surface area contributed by atoms with E-state index in [4.69, 9.17) is 9.47 Å². The highest BCUT2D eigenvalue weighted by atomic mass is 16.5. The summed E-state index contributed by atoms with van der Waals surface area (Å²) in [5.74, 6) is 1.75. The largest absolute Gasteiger partial charge is 0.504 e. The summed E-state index contributed by atoms with van der Waals surface area (Å²) in [4.78, 5) is 2.44. The Bertz CT molecular complexity index is 813. The Morgan fingerprint density at radius 1 is 1.08 bits per heavy atom. The van der Waals surface area contributed by atoms with Crippen LogP contribution in [0.2, 0.25) is 0 Å².